The van der Waals surface area contributed by atoms with Gasteiger partial charge in [0.1, 0.15) is 6.04 Å². The molecule has 92 valence electrons. The van der Waals surface area contributed by atoms with Gasteiger partial charge in [-0.25, -0.2) is 4.79 Å². The molecule has 0 bridgehead atoms. The average Bonchev–Trinajstić information content (AvgIpc) is 2.29. The first-order valence-corrected chi connectivity index (χ1v) is 5.65. The summed E-state index contributed by atoms with van der Waals surface area (Å²) in [6, 6.07) is 5.83. The van der Waals surface area contributed by atoms with Crippen LogP contribution in [0.2, 0.25) is 5.02 Å². The lowest BCUT2D eigenvalue weighted by Gasteiger charge is -2.12. The van der Waals surface area contributed by atoms with Crippen molar-refractivity contribution in [3.63, 3.8) is 0 Å². The number of hydrogen-bond donors (Lipinski definition) is 1. The fraction of sp³-hybridized carbons (Fsp3) is 0.333. The van der Waals surface area contributed by atoms with Crippen molar-refractivity contribution in [3.05, 3.63) is 34.9 Å². The number of ether oxygens (including phenoxy) is 1. The van der Waals surface area contributed by atoms with Crippen LogP contribution in [0.4, 0.5) is 0 Å². The molecule has 0 saturated carbocycles. The Morgan fingerprint density at radius 2 is 2.18 bits per heavy atom. The van der Waals surface area contributed by atoms with Crippen molar-refractivity contribution in [2.75, 3.05) is 6.61 Å². The number of rotatable bonds is 4. The number of benzene rings is 1. The summed E-state index contributed by atoms with van der Waals surface area (Å²) in [6.45, 7) is 3.57. The lowest BCUT2D eigenvalue weighted by Crippen LogP contribution is -2.39. The van der Waals surface area contributed by atoms with Gasteiger partial charge in [-0.2, -0.15) is 0 Å². The van der Waals surface area contributed by atoms with Crippen molar-refractivity contribution in [1.29, 1.82) is 0 Å². The fourth-order valence-corrected chi connectivity index (χ4v) is 1.43. The minimum atomic E-state index is -0.679. The van der Waals surface area contributed by atoms with E-state index in [0.29, 0.717) is 10.6 Å². The Morgan fingerprint density at radius 3 is 2.76 bits per heavy atom. The van der Waals surface area contributed by atoms with Crippen LogP contribution in [0, 0.1) is 0 Å². The van der Waals surface area contributed by atoms with Gasteiger partial charge < -0.3 is 10.1 Å². The third-order valence-electron chi connectivity index (χ3n) is 2.07. The van der Waals surface area contributed by atoms with E-state index in [1.807, 2.05) is 0 Å². The maximum absolute atomic E-state index is 11.7. The van der Waals surface area contributed by atoms with Gasteiger partial charge in [-0.1, -0.05) is 17.7 Å². The third kappa shape index (κ3) is 4.07. The Balaban J connectivity index is 2.63. The summed E-state index contributed by atoms with van der Waals surface area (Å²) in [5.41, 5.74) is 0.411. The van der Waals surface area contributed by atoms with Crippen molar-refractivity contribution < 1.29 is 14.3 Å². The van der Waals surface area contributed by atoms with Crippen molar-refractivity contribution in [2.24, 2.45) is 0 Å². The van der Waals surface area contributed by atoms with Crippen molar-refractivity contribution >= 4 is 23.5 Å². The van der Waals surface area contributed by atoms with E-state index in [2.05, 4.69) is 5.32 Å². The minimum Gasteiger partial charge on any atom is -0.464 e. The number of carbonyl (C=O) groups excluding carboxylic acids is 2. The van der Waals surface area contributed by atoms with Gasteiger partial charge in [0, 0.05) is 10.6 Å². The van der Waals surface area contributed by atoms with Crippen LogP contribution >= 0.6 is 11.6 Å². The molecule has 0 heterocycles. The van der Waals surface area contributed by atoms with Gasteiger partial charge in [-0.05, 0) is 32.0 Å². The highest BCUT2D eigenvalue weighted by molar-refractivity contribution is 6.30. The van der Waals surface area contributed by atoms with Gasteiger partial charge in [-0.15, -0.1) is 0 Å². The van der Waals surface area contributed by atoms with Crippen LogP contribution in [0.5, 0.6) is 0 Å². The number of hydrogen-bond acceptors (Lipinski definition) is 3. The lowest BCUT2D eigenvalue weighted by molar-refractivity contribution is -0.144. The lowest BCUT2D eigenvalue weighted by atomic mass is 10.2. The maximum atomic E-state index is 11.7. The molecule has 17 heavy (non-hydrogen) atoms. The molecule has 4 nitrogen and oxygen atoms in total. The van der Waals surface area contributed by atoms with Gasteiger partial charge in [-0.3, -0.25) is 4.79 Å². The highest BCUT2D eigenvalue weighted by atomic mass is 35.5. The van der Waals surface area contributed by atoms with Crippen LogP contribution in [0.15, 0.2) is 24.3 Å². The summed E-state index contributed by atoms with van der Waals surface area (Å²) >= 11 is 5.77. The Labute approximate surface area is 105 Å². The molecule has 0 spiro atoms. The van der Waals surface area contributed by atoms with Crippen LogP contribution in [0.25, 0.3) is 0 Å². The number of esters is 1. The van der Waals surface area contributed by atoms with Gasteiger partial charge in [0.25, 0.3) is 5.91 Å². The summed E-state index contributed by atoms with van der Waals surface area (Å²) in [7, 11) is 0. The maximum Gasteiger partial charge on any atom is 0.328 e. The van der Waals surface area contributed by atoms with E-state index in [-0.39, 0.29) is 12.5 Å². The summed E-state index contributed by atoms with van der Waals surface area (Å²) in [5.74, 6) is -0.809. The highest BCUT2D eigenvalue weighted by Gasteiger charge is 2.17. The molecule has 1 rings (SSSR count). The van der Waals surface area contributed by atoms with Gasteiger partial charge in [0.2, 0.25) is 0 Å². The number of carbonyl (C=O) groups is 2. The van der Waals surface area contributed by atoms with Crippen LogP contribution in [-0.2, 0) is 9.53 Å². The first kappa shape index (κ1) is 13.5. The Morgan fingerprint density at radius 1 is 1.47 bits per heavy atom. The molecule has 0 aliphatic rings. The number of amides is 1. The molecule has 1 amide bonds. The van der Waals surface area contributed by atoms with E-state index in [1.54, 1.807) is 32.0 Å². The highest BCUT2D eigenvalue weighted by Crippen LogP contribution is 2.10. The molecule has 0 aromatic heterocycles. The first-order chi connectivity index (χ1) is 8.04. The zero-order valence-electron chi connectivity index (χ0n) is 9.70. The van der Waals surface area contributed by atoms with Crippen LogP contribution < -0.4 is 5.32 Å². The molecule has 0 saturated heterocycles. The first-order valence-electron chi connectivity index (χ1n) is 5.27. The smallest absolute Gasteiger partial charge is 0.328 e. The van der Waals surface area contributed by atoms with E-state index >= 15 is 0 Å². The van der Waals surface area contributed by atoms with Crippen LogP contribution in [0.3, 0.4) is 0 Å². The Kier molecular flexibility index (Phi) is 4.97. The van der Waals surface area contributed by atoms with E-state index in [9.17, 15) is 9.59 Å². The number of nitrogens with one attached hydrogen (secondary N) is 1. The topological polar surface area (TPSA) is 55.4 Å². The summed E-state index contributed by atoms with van der Waals surface area (Å²) in [5, 5.41) is 3.01. The number of halogens is 1. The Hall–Kier alpha value is -1.55. The quantitative estimate of drug-likeness (QED) is 0.838. The molecule has 1 N–H and O–H groups in total. The largest absolute Gasteiger partial charge is 0.464 e. The van der Waals surface area contributed by atoms with Gasteiger partial charge in [0.15, 0.2) is 0 Å². The SMILES string of the molecule is CCOC(=O)C(C)NC(=O)c1cccc(Cl)c1. The third-order valence-corrected chi connectivity index (χ3v) is 2.31. The van der Waals surface area contributed by atoms with Gasteiger partial charge in [0.05, 0.1) is 6.61 Å². The van der Waals surface area contributed by atoms with Crippen molar-refractivity contribution in [3.8, 4) is 0 Å². The molecule has 1 aromatic rings. The summed E-state index contributed by atoms with van der Waals surface area (Å²) < 4.78 is 4.78. The van der Waals surface area contributed by atoms with E-state index in [4.69, 9.17) is 16.3 Å². The summed E-state index contributed by atoms with van der Waals surface area (Å²) in [6.07, 6.45) is 0. The van der Waals surface area contributed by atoms with E-state index < -0.39 is 12.0 Å². The van der Waals surface area contributed by atoms with E-state index in [0.717, 1.165) is 0 Å². The second-order valence-corrected chi connectivity index (χ2v) is 3.89. The molecule has 5 heteroatoms. The zero-order chi connectivity index (χ0) is 12.8. The summed E-state index contributed by atoms with van der Waals surface area (Å²) in [4.78, 5) is 23.1. The van der Waals surface area contributed by atoms with Crippen molar-refractivity contribution in [1.82, 2.24) is 5.32 Å². The average molecular weight is 256 g/mol. The predicted molar refractivity (Wildman–Crippen MR) is 65.0 cm³/mol. The minimum absolute atomic E-state index is 0.288. The molecule has 0 aliphatic carbocycles. The molecule has 1 atom stereocenters. The Bertz CT molecular complexity index is 420. The molecule has 0 fully saturated rings. The molecular weight excluding hydrogens is 242 g/mol. The van der Waals surface area contributed by atoms with Crippen LogP contribution in [0.1, 0.15) is 24.2 Å². The fourth-order valence-electron chi connectivity index (χ4n) is 1.24. The second-order valence-electron chi connectivity index (χ2n) is 3.46. The monoisotopic (exact) mass is 255 g/mol. The van der Waals surface area contributed by atoms with Crippen LogP contribution in [-0.4, -0.2) is 24.5 Å². The molecular formula is C12H14ClNO3. The van der Waals surface area contributed by atoms with Gasteiger partial charge >= 0.3 is 5.97 Å². The molecule has 1 aromatic carbocycles. The zero-order valence-corrected chi connectivity index (χ0v) is 10.5. The molecule has 0 aliphatic heterocycles. The standard InChI is InChI=1S/C12H14ClNO3/c1-3-17-12(16)8(2)14-11(15)9-5-4-6-10(13)7-9/h4-8H,3H2,1-2H3,(H,14,15). The normalized spacial score (nSPS) is 11.7. The molecule has 1 unspecified atom stereocenters. The predicted octanol–water partition coefficient (Wildman–Crippen LogP) is 2.02. The van der Waals surface area contributed by atoms with Crippen molar-refractivity contribution in [2.45, 2.75) is 19.9 Å². The second kappa shape index (κ2) is 6.25. The molecule has 0 radical (unpaired) electrons. The van der Waals surface area contributed by atoms with E-state index in [1.165, 1.54) is 6.07 Å².